The van der Waals surface area contributed by atoms with Gasteiger partial charge in [0.1, 0.15) is 5.52 Å². The Balaban J connectivity index is 1.93. The Kier molecular flexibility index (Phi) is 3.84. The van der Waals surface area contributed by atoms with Crippen LogP contribution < -0.4 is 5.73 Å². The number of nitrogens with two attached hydrogens (primary N) is 1. The average Bonchev–Trinajstić information content (AvgIpc) is 3.00. The highest BCUT2D eigenvalue weighted by atomic mass is 16.5. The van der Waals surface area contributed by atoms with Crippen molar-refractivity contribution in [1.82, 2.24) is 20.2 Å². The second kappa shape index (κ2) is 6.02. The molecule has 0 aliphatic carbocycles. The number of fused-ring (bicyclic) bond motifs is 3. The van der Waals surface area contributed by atoms with Gasteiger partial charge in [0, 0.05) is 35.9 Å². The topological polar surface area (TPSA) is 89.7 Å². The maximum atomic E-state index is 6.14. The highest BCUT2D eigenvalue weighted by molar-refractivity contribution is 6.10. The number of ether oxygens (including phenoxy) is 1. The molecule has 1 aliphatic rings. The molecule has 1 aliphatic heterocycles. The van der Waals surface area contributed by atoms with Gasteiger partial charge < -0.3 is 10.5 Å². The lowest BCUT2D eigenvalue weighted by Gasteiger charge is -2.21. The van der Waals surface area contributed by atoms with Gasteiger partial charge in [-0.25, -0.2) is 9.97 Å². The molecule has 3 aromatic heterocycles. The van der Waals surface area contributed by atoms with Crippen molar-refractivity contribution in [3.05, 3.63) is 23.5 Å². The number of aromatic nitrogens is 4. The number of nitrogens with zero attached hydrogens (tertiary/aromatic N) is 3. The van der Waals surface area contributed by atoms with Crippen LogP contribution in [0.1, 0.15) is 43.9 Å². The van der Waals surface area contributed by atoms with Gasteiger partial charge in [-0.3, -0.25) is 5.10 Å². The minimum absolute atomic E-state index is 0.384. The summed E-state index contributed by atoms with van der Waals surface area (Å²) in [5, 5.41) is 9.87. The van der Waals surface area contributed by atoms with Crippen LogP contribution in [-0.2, 0) is 11.2 Å². The zero-order chi connectivity index (χ0) is 16.7. The third-order valence-corrected chi connectivity index (χ3v) is 4.98. The quantitative estimate of drug-likeness (QED) is 0.772. The van der Waals surface area contributed by atoms with E-state index in [1.807, 2.05) is 6.20 Å². The van der Waals surface area contributed by atoms with Crippen LogP contribution in [-0.4, -0.2) is 33.4 Å². The molecule has 4 heterocycles. The minimum Gasteiger partial charge on any atom is -0.382 e. The van der Waals surface area contributed by atoms with Gasteiger partial charge in [-0.15, -0.1) is 0 Å². The lowest BCUT2D eigenvalue weighted by molar-refractivity contribution is 0.0663. The van der Waals surface area contributed by atoms with E-state index in [-0.39, 0.29) is 0 Å². The fraction of sp³-hybridized carbons (Fsp3) is 0.500. The van der Waals surface area contributed by atoms with Gasteiger partial charge >= 0.3 is 0 Å². The highest BCUT2D eigenvalue weighted by Crippen LogP contribution is 2.35. The Labute approximate surface area is 140 Å². The predicted octanol–water partition coefficient (Wildman–Crippen LogP) is 3.18. The first kappa shape index (κ1) is 15.3. The van der Waals surface area contributed by atoms with Gasteiger partial charge in [0.2, 0.25) is 0 Å². The summed E-state index contributed by atoms with van der Waals surface area (Å²) < 4.78 is 5.48. The second-order valence-electron chi connectivity index (χ2n) is 6.94. The Hall–Kier alpha value is -2.21. The van der Waals surface area contributed by atoms with Crippen molar-refractivity contribution >= 4 is 27.8 Å². The molecule has 6 heteroatoms. The van der Waals surface area contributed by atoms with Crippen molar-refractivity contribution in [3.8, 4) is 0 Å². The number of nitrogens with one attached hydrogen (secondary N) is 1. The van der Waals surface area contributed by atoms with Crippen LogP contribution in [0, 0.1) is 5.92 Å². The summed E-state index contributed by atoms with van der Waals surface area (Å²) in [5.41, 5.74) is 10.0. The minimum atomic E-state index is 0.384. The molecule has 24 heavy (non-hydrogen) atoms. The van der Waals surface area contributed by atoms with Gasteiger partial charge in [0.25, 0.3) is 0 Å². The molecule has 0 amide bonds. The maximum Gasteiger partial charge on any atom is 0.162 e. The largest absolute Gasteiger partial charge is 0.382 e. The highest BCUT2D eigenvalue weighted by Gasteiger charge is 2.21. The molecule has 0 spiro atoms. The number of hydrogen-bond acceptors (Lipinski definition) is 5. The van der Waals surface area contributed by atoms with Crippen molar-refractivity contribution in [2.75, 3.05) is 18.9 Å². The van der Waals surface area contributed by atoms with E-state index in [9.17, 15) is 0 Å². The molecular formula is C18H23N5O. The standard InChI is InChI=1S/C18H23N5O/c1-10(2)12-3-6-20-18-14(12)15-13(9-11-4-7-24-8-5-11)22-23-16(15)17(19)21-18/h3,6,10-11H,4-5,7-9H2,1-2H3,(H,22,23)(H2,19,20,21). The van der Waals surface area contributed by atoms with Crippen molar-refractivity contribution in [2.24, 2.45) is 5.92 Å². The number of nitrogen functional groups attached to an aromatic ring is 1. The zero-order valence-electron chi connectivity index (χ0n) is 14.2. The van der Waals surface area contributed by atoms with Gasteiger partial charge in [0.05, 0.1) is 0 Å². The molecule has 0 bridgehead atoms. The van der Waals surface area contributed by atoms with Crippen LogP contribution in [0.5, 0.6) is 0 Å². The van der Waals surface area contributed by atoms with Crippen LogP contribution in [0.2, 0.25) is 0 Å². The predicted molar refractivity (Wildman–Crippen MR) is 94.9 cm³/mol. The molecule has 0 radical (unpaired) electrons. The van der Waals surface area contributed by atoms with Crippen LogP contribution >= 0.6 is 0 Å². The molecule has 1 saturated heterocycles. The van der Waals surface area contributed by atoms with Crippen LogP contribution in [0.25, 0.3) is 21.9 Å². The number of aromatic amines is 1. The zero-order valence-corrected chi connectivity index (χ0v) is 14.2. The Morgan fingerprint density at radius 2 is 2.08 bits per heavy atom. The molecule has 0 saturated carbocycles. The van der Waals surface area contributed by atoms with E-state index in [0.29, 0.717) is 23.3 Å². The molecule has 0 unspecified atom stereocenters. The second-order valence-corrected chi connectivity index (χ2v) is 6.94. The molecule has 0 aromatic carbocycles. The van der Waals surface area contributed by atoms with E-state index < -0.39 is 0 Å². The third-order valence-electron chi connectivity index (χ3n) is 4.98. The lowest BCUT2D eigenvalue weighted by atomic mass is 9.92. The number of rotatable bonds is 3. The fourth-order valence-electron chi connectivity index (χ4n) is 3.67. The molecule has 0 atom stereocenters. The summed E-state index contributed by atoms with van der Waals surface area (Å²) in [6.07, 6.45) is 4.96. The molecule has 3 aromatic rings. The summed E-state index contributed by atoms with van der Waals surface area (Å²) >= 11 is 0. The van der Waals surface area contributed by atoms with Crippen molar-refractivity contribution in [3.63, 3.8) is 0 Å². The first-order chi connectivity index (χ1) is 11.6. The van der Waals surface area contributed by atoms with Gasteiger partial charge in [0.15, 0.2) is 11.5 Å². The van der Waals surface area contributed by atoms with Crippen molar-refractivity contribution in [1.29, 1.82) is 0 Å². The van der Waals surface area contributed by atoms with E-state index in [4.69, 9.17) is 10.5 Å². The first-order valence-corrected chi connectivity index (χ1v) is 8.64. The van der Waals surface area contributed by atoms with E-state index in [2.05, 4.69) is 40.1 Å². The summed E-state index contributed by atoms with van der Waals surface area (Å²) in [6, 6.07) is 2.08. The summed E-state index contributed by atoms with van der Waals surface area (Å²) in [5.74, 6) is 1.45. The Morgan fingerprint density at radius 1 is 1.29 bits per heavy atom. The van der Waals surface area contributed by atoms with Gasteiger partial charge in [-0.1, -0.05) is 13.8 Å². The van der Waals surface area contributed by atoms with E-state index in [1.165, 1.54) is 5.56 Å². The smallest absolute Gasteiger partial charge is 0.162 e. The maximum absolute atomic E-state index is 6.14. The van der Waals surface area contributed by atoms with Crippen molar-refractivity contribution < 1.29 is 4.74 Å². The SMILES string of the molecule is CC(C)c1ccnc2nc(N)c3n[nH]c(CC4CCOCC4)c3c12. The number of anilines is 1. The normalized spacial score (nSPS) is 16.5. The van der Waals surface area contributed by atoms with Crippen LogP contribution in [0.15, 0.2) is 12.3 Å². The lowest BCUT2D eigenvalue weighted by Crippen LogP contribution is -2.17. The fourth-order valence-corrected chi connectivity index (χ4v) is 3.67. The molecule has 6 nitrogen and oxygen atoms in total. The summed E-state index contributed by atoms with van der Waals surface area (Å²) in [6.45, 7) is 6.07. The summed E-state index contributed by atoms with van der Waals surface area (Å²) in [7, 11) is 0. The van der Waals surface area contributed by atoms with Crippen LogP contribution in [0.4, 0.5) is 5.82 Å². The molecule has 4 rings (SSSR count). The van der Waals surface area contributed by atoms with Gasteiger partial charge in [-0.05, 0) is 42.7 Å². The Bertz CT molecular complexity index is 880. The monoisotopic (exact) mass is 325 g/mol. The van der Waals surface area contributed by atoms with E-state index in [1.54, 1.807) is 0 Å². The average molecular weight is 325 g/mol. The van der Waals surface area contributed by atoms with Gasteiger partial charge in [-0.2, -0.15) is 5.10 Å². The first-order valence-electron chi connectivity index (χ1n) is 8.64. The molecule has 1 fully saturated rings. The molecule has 3 N–H and O–H groups in total. The Morgan fingerprint density at radius 3 is 2.83 bits per heavy atom. The van der Waals surface area contributed by atoms with Crippen molar-refractivity contribution in [2.45, 2.75) is 39.0 Å². The number of H-pyrrole nitrogens is 1. The van der Waals surface area contributed by atoms with E-state index >= 15 is 0 Å². The summed E-state index contributed by atoms with van der Waals surface area (Å²) in [4.78, 5) is 8.92. The third kappa shape index (κ3) is 2.51. The van der Waals surface area contributed by atoms with E-state index in [0.717, 1.165) is 54.5 Å². The number of hydrogen-bond donors (Lipinski definition) is 2. The van der Waals surface area contributed by atoms with Crippen LogP contribution in [0.3, 0.4) is 0 Å². The molecular weight excluding hydrogens is 302 g/mol. The molecule has 126 valence electrons. The number of pyridine rings is 2.